The topological polar surface area (TPSA) is 41.1 Å². The summed E-state index contributed by atoms with van der Waals surface area (Å²) in [5, 5.41) is 5.75. The van der Waals surface area contributed by atoms with Crippen molar-refractivity contribution in [1.29, 1.82) is 0 Å². The van der Waals surface area contributed by atoms with Crippen LogP contribution >= 0.6 is 0 Å². The lowest BCUT2D eigenvalue weighted by atomic mass is 10.2. The van der Waals surface area contributed by atoms with E-state index in [1.54, 1.807) is 0 Å². The molecule has 0 aromatic heterocycles. The molecule has 0 saturated carbocycles. The van der Waals surface area contributed by atoms with Crippen molar-refractivity contribution >= 4 is 5.91 Å². The fourth-order valence-corrected chi connectivity index (χ4v) is 1.72. The van der Waals surface area contributed by atoms with Crippen LogP contribution in [0.5, 0.6) is 0 Å². The first-order valence-electron chi connectivity index (χ1n) is 5.08. The van der Waals surface area contributed by atoms with Crippen molar-refractivity contribution in [1.82, 2.24) is 10.6 Å². The van der Waals surface area contributed by atoms with Crippen molar-refractivity contribution in [3.05, 3.63) is 35.4 Å². The highest BCUT2D eigenvalue weighted by Crippen LogP contribution is 2.08. The fraction of sp³-hybridized carbons (Fsp3) is 0.364. The molecule has 1 saturated heterocycles. The monoisotopic (exact) mass is 226 g/mol. The van der Waals surface area contributed by atoms with Crippen LogP contribution in [0.3, 0.4) is 0 Å². The third kappa shape index (κ3) is 2.76. The number of nitrogens with one attached hydrogen (secondary N) is 2. The molecule has 1 aromatic carbocycles. The Bertz CT molecular complexity index is 389. The normalized spacial score (nSPS) is 19.9. The van der Waals surface area contributed by atoms with Gasteiger partial charge in [0.15, 0.2) is 0 Å². The summed E-state index contributed by atoms with van der Waals surface area (Å²) in [5.41, 5.74) is 0.539. The zero-order chi connectivity index (χ0) is 11.5. The standard InChI is InChI=1S/C11H12F2N2O/c12-8-1-7(2-9(13)3-8)5-14-10-4-11(16)15-6-10/h1-3,10,14H,4-6H2,(H,15,16). The molecule has 1 aliphatic heterocycles. The minimum atomic E-state index is -0.586. The van der Waals surface area contributed by atoms with Gasteiger partial charge in [-0.3, -0.25) is 4.79 Å². The smallest absolute Gasteiger partial charge is 0.221 e. The quantitative estimate of drug-likeness (QED) is 0.805. The first kappa shape index (κ1) is 11.0. The van der Waals surface area contributed by atoms with E-state index in [0.717, 1.165) is 6.07 Å². The SMILES string of the molecule is O=C1CC(NCc2cc(F)cc(F)c2)CN1. The Morgan fingerprint density at radius 1 is 1.31 bits per heavy atom. The van der Waals surface area contributed by atoms with Crippen molar-refractivity contribution in [2.24, 2.45) is 0 Å². The lowest BCUT2D eigenvalue weighted by Crippen LogP contribution is -2.30. The van der Waals surface area contributed by atoms with Crippen LogP contribution in [0.2, 0.25) is 0 Å². The molecule has 0 aliphatic carbocycles. The number of carbonyl (C=O) groups is 1. The van der Waals surface area contributed by atoms with Crippen molar-refractivity contribution in [2.75, 3.05) is 6.54 Å². The molecule has 2 N–H and O–H groups in total. The van der Waals surface area contributed by atoms with E-state index in [0.29, 0.717) is 25.1 Å². The van der Waals surface area contributed by atoms with Gasteiger partial charge in [-0.2, -0.15) is 0 Å². The molecule has 1 amide bonds. The van der Waals surface area contributed by atoms with Gasteiger partial charge in [0.1, 0.15) is 11.6 Å². The molecule has 1 aromatic rings. The van der Waals surface area contributed by atoms with Crippen LogP contribution in [0.25, 0.3) is 0 Å². The predicted molar refractivity (Wildman–Crippen MR) is 54.6 cm³/mol. The molecule has 16 heavy (non-hydrogen) atoms. The molecule has 0 bridgehead atoms. The van der Waals surface area contributed by atoms with Gasteiger partial charge >= 0.3 is 0 Å². The number of amides is 1. The Morgan fingerprint density at radius 3 is 2.56 bits per heavy atom. The maximum atomic E-state index is 12.9. The molecule has 0 radical (unpaired) electrons. The molecule has 3 nitrogen and oxygen atoms in total. The lowest BCUT2D eigenvalue weighted by Gasteiger charge is -2.10. The Balaban J connectivity index is 1.91. The van der Waals surface area contributed by atoms with Gasteiger partial charge in [0.05, 0.1) is 0 Å². The van der Waals surface area contributed by atoms with Gasteiger partial charge in [-0.1, -0.05) is 0 Å². The first-order chi connectivity index (χ1) is 7.63. The molecule has 1 fully saturated rings. The number of rotatable bonds is 3. The van der Waals surface area contributed by atoms with E-state index in [1.165, 1.54) is 12.1 Å². The summed E-state index contributed by atoms with van der Waals surface area (Å²) in [6.07, 6.45) is 0.414. The third-order valence-electron chi connectivity index (χ3n) is 2.49. The van der Waals surface area contributed by atoms with Gasteiger partial charge in [-0.05, 0) is 17.7 Å². The molecule has 1 aliphatic rings. The Morgan fingerprint density at radius 2 is 2.00 bits per heavy atom. The summed E-state index contributed by atoms with van der Waals surface area (Å²) >= 11 is 0. The van der Waals surface area contributed by atoms with Crippen LogP contribution in [0.15, 0.2) is 18.2 Å². The average Bonchev–Trinajstić information content (AvgIpc) is 2.60. The van der Waals surface area contributed by atoms with Crippen molar-refractivity contribution < 1.29 is 13.6 Å². The highest BCUT2D eigenvalue weighted by Gasteiger charge is 2.20. The summed E-state index contributed by atoms with van der Waals surface area (Å²) in [5.74, 6) is -1.17. The van der Waals surface area contributed by atoms with Crippen molar-refractivity contribution in [2.45, 2.75) is 19.0 Å². The highest BCUT2D eigenvalue weighted by molar-refractivity contribution is 5.78. The number of halogens is 2. The van der Waals surface area contributed by atoms with Gasteiger partial charge in [-0.15, -0.1) is 0 Å². The molecule has 0 spiro atoms. The fourth-order valence-electron chi connectivity index (χ4n) is 1.72. The van der Waals surface area contributed by atoms with Gasteiger partial charge in [0, 0.05) is 31.6 Å². The van der Waals surface area contributed by atoms with Crippen LogP contribution in [-0.2, 0) is 11.3 Å². The van der Waals surface area contributed by atoms with E-state index in [-0.39, 0.29) is 11.9 Å². The van der Waals surface area contributed by atoms with E-state index in [9.17, 15) is 13.6 Å². The number of benzene rings is 1. The Hall–Kier alpha value is -1.49. The molecule has 2 rings (SSSR count). The largest absolute Gasteiger partial charge is 0.354 e. The average molecular weight is 226 g/mol. The number of carbonyl (C=O) groups excluding carboxylic acids is 1. The van der Waals surface area contributed by atoms with Crippen LogP contribution in [-0.4, -0.2) is 18.5 Å². The first-order valence-corrected chi connectivity index (χ1v) is 5.08. The summed E-state index contributed by atoms with van der Waals surface area (Å²) in [4.78, 5) is 10.9. The van der Waals surface area contributed by atoms with E-state index in [1.807, 2.05) is 0 Å². The third-order valence-corrected chi connectivity index (χ3v) is 2.49. The van der Waals surface area contributed by atoms with Gasteiger partial charge in [-0.25, -0.2) is 8.78 Å². The molecule has 1 heterocycles. The second-order valence-electron chi connectivity index (χ2n) is 3.86. The zero-order valence-corrected chi connectivity index (χ0v) is 8.59. The van der Waals surface area contributed by atoms with Crippen LogP contribution in [0, 0.1) is 11.6 Å². The summed E-state index contributed by atoms with van der Waals surface area (Å²) in [6.45, 7) is 0.922. The van der Waals surface area contributed by atoms with Gasteiger partial charge < -0.3 is 10.6 Å². The lowest BCUT2D eigenvalue weighted by molar-refractivity contribution is -0.119. The molecule has 1 atom stereocenters. The minimum Gasteiger partial charge on any atom is -0.354 e. The van der Waals surface area contributed by atoms with Crippen LogP contribution in [0.1, 0.15) is 12.0 Å². The van der Waals surface area contributed by atoms with E-state index in [4.69, 9.17) is 0 Å². The molecular weight excluding hydrogens is 214 g/mol. The Kier molecular flexibility index (Phi) is 3.14. The van der Waals surface area contributed by atoms with Gasteiger partial charge in [0.2, 0.25) is 5.91 Å². The van der Waals surface area contributed by atoms with Crippen LogP contribution in [0.4, 0.5) is 8.78 Å². The highest BCUT2D eigenvalue weighted by atomic mass is 19.1. The van der Waals surface area contributed by atoms with E-state index >= 15 is 0 Å². The van der Waals surface area contributed by atoms with Crippen molar-refractivity contribution in [3.8, 4) is 0 Å². The predicted octanol–water partition coefficient (Wildman–Crippen LogP) is 0.943. The molecule has 1 unspecified atom stereocenters. The summed E-state index contributed by atoms with van der Waals surface area (Å²) < 4.78 is 25.7. The second-order valence-corrected chi connectivity index (χ2v) is 3.86. The molecule has 5 heteroatoms. The molecule has 86 valence electrons. The molecular formula is C11H12F2N2O. The van der Waals surface area contributed by atoms with Crippen LogP contribution < -0.4 is 10.6 Å². The number of hydrogen-bond acceptors (Lipinski definition) is 2. The summed E-state index contributed by atoms with van der Waals surface area (Å²) in [6, 6.07) is 3.43. The number of hydrogen-bond donors (Lipinski definition) is 2. The maximum absolute atomic E-state index is 12.9. The van der Waals surface area contributed by atoms with E-state index < -0.39 is 11.6 Å². The minimum absolute atomic E-state index is 0.00271. The second kappa shape index (κ2) is 4.57. The summed E-state index contributed by atoms with van der Waals surface area (Å²) in [7, 11) is 0. The maximum Gasteiger partial charge on any atom is 0.221 e. The zero-order valence-electron chi connectivity index (χ0n) is 8.59. The van der Waals surface area contributed by atoms with E-state index in [2.05, 4.69) is 10.6 Å². The van der Waals surface area contributed by atoms with Gasteiger partial charge in [0.25, 0.3) is 0 Å². The Labute approximate surface area is 91.8 Å². The van der Waals surface area contributed by atoms with Crippen molar-refractivity contribution in [3.63, 3.8) is 0 Å².